The SMILES string of the molecule is COC(=O)C=Cc1ccc(S(=O)(=O)O)cc1. The van der Waals surface area contributed by atoms with Gasteiger partial charge in [-0.25, -0.2) is 4.79 Å². The molecule has 1 aromatic rings. The van der Waals surface area contributed by atoms with Gasteiger partial charge in [0.05, 0.1) is 12.0 Å². The summed E-state index contributed by atoms with van der Waals surface area (Å²) in [7, 11) is -2.91. The van der Waals surface area contributed by atoms with E-state index in [1.54, 1.807) is 0 Å². The van der Waals surface area contributed by atoms with Crippen molar-refractivity contribution in [1.29, 1.82) is 0 Å². The lowest BCUT2D eigenvalue weighted by Gasteiger charge is -1.97. The van der Waals surface area contributed by atoms with Crippen LogP contribution < -0.4 is 0 Å². The minimum atomic E-state index is -4.17. The molecule has 0 aromatic heterocycles. The molecule has 1 N–H and O–H groups in total. The summed E-state index contributed by atoms with van der Waals surface area (Å²) in [5.74, 6) is -0.501. The lowest BCUT2D eigenvalue weighted by Crippen LogP contribution is -1.97. The number of hydrogen-bond donors (Lipinski definition) is 1. The number of rotatable bonds is 3. The van der Waals surface area contributed by atoms with Crippen molar-refractivity contribution in [3.8, 4) is 0 Å². The molecular weight excluding hydrogens is 232 g/mol. The van der Waals surface area contributed by atoms with Crippen LogP contribution in [-0.4, -0.2) is 26.0 Å². The summed E-state index contributed by atoms with van der Waals surface area (Å²) >= 11 is 0. The standard InChI is InChI=1S/C10H10O5S/c1-15-10(11)7-4-8-2-5-9(6-3-8)16(12,13)14/h2-7H,1H3,(H,12,13,14). The molecule has 0 spiro atoms. The fourth-order valence-corrected chi connectivity index (χ4v) is 1.46. The van der Waals surface area contributed by atoms with E-state index in [2.05, 4.69) is 4.74 Å². The first-order valence-electron chi connectivity index (χ1n) is 4.27. The van der Waals surface area contributed by atoms with E-state index in [1.807, 2.05) is 0 Å². The van der Waals surface area contributed by atoms with Crippen LogP contribution in [-0.2, 0) is 19.6 Å². The lowest BCUT2D eigenvalue weighted by atomic mass is 10.2. The third-order valence-corrected chi connectivity index (χ3v) is 2.66. The predicted molar refractivity (Wildman–Crippen MR) is 57.3 cm³/mol. The Morgan fingerprint density at radius 2 is 1.88 bits per heavy atom. The quantitative estimate of drug-likeness (QED) is 0.488. The van der Waals surface area contributed by atoms with E-state index in [1.165, 1.54) is 43.5 Å². The van der Waals surface area contributed by atoms with Gasteiger partial charge in [0.1, 0.15) is 0 Å². The van der Waals surface area contributed by atoms with Gasteiger partial charge >= 0.3 is 5.97 Å². The summed E-state index contributed by atoms with van der Waals surface area (Å²) in [5, 5.41) is 0. The highest BCUT2D eigenvalue weighted by molar-refractivity contribution is 7.85. The average molecular weight is 242 g/mol. The van der Waals surface area contributed by atoms with Gasteiger partial charge in [-0.1, -0.05) is 12.1 Å². The van der Waals surface area contributed by atoms with Gasteiger partial charge in [0.2, 0.25) is 0 Å². The number of carbonyl (C=O) groups excluding carboxylic acids is 1. The maximum atomic E-state index is 10.8. The Bertz CT molecular complexity index is 499. The molecule has 0 saturated carbocycles. The first-order chi connectivity index (χ1) is 7.43. The minimum Gasteiger partial charge on any atom is -0.466 e. The molecule has 0 aliphatic carbocycles. The smallest absolute Gasteiger partial charge is 0.330 e. The highest BCUT2D eigenvalue weighted by Gasteiger charge is 2.07. The molecule has 1 aromatic carbocycles. The van der Waals surface area contributed by atoms with Crippen LogP contribution in [0.5, 0.6) is 0 Å². The fraction of sp³-hybridized carbons (Fsp3) is 0.100. The summed E-state index contributed by atoms with van der Waals surface area (Å²) in [6.07, 6.45) is 2.68. The molecule has 0 saturated heterocycles. The van der Waals surface area contributed by atoms with Crippen LogP contribution in [0.4, 0.5) is 0 Å². The Labute approximate surface area is 93.1 Å². The Morgan fingerprint density at radius 3 is 2.31 bits per heavy atom. The highest BCUT2D eigenvalue weighted by Crippen LogP contribution is 2.11. The molecule has 0 unspecified atom stereocenters. The van der Waals surface area contributed by atoms with E-state index in [4.69, 9.17) is 4.55 Å². The van der Waals surface area contributed by atoms with E-state index in [-0.39, 0.29) is 4.90 Å². The van der Waals surface area contributed by atoms with Gasteiger partial charge in [0.15, 0.2) is 0 Å². The van der Waals surface area contributed by atoms with Crippen molar-refractivity contribution in [2.24, 2.45) is 0 Å². The van der Waals surface area contributed by atoms with E-state index >= 15 is 0 Å². The van der Waals surface area contributed by atoms with Gasteiger partial charge in [0.25, 0.3) is 10.1 Å². The topological polar surface area (TPSA) is 80.7 Å². The van der Waals surface area contributed by atoms with Gasteiger partial charge in [-0.2, -0.15) is 8.42 Å². The molecule has 1 rings (SSSR count). The van der Waals surface area contributed by atoms with E-state index < -0.39 is 16.1 Å². The van der Waals surface area contributed by atoms with Crippen molar-refractivity contribution in [2.75, 3.05) is 7.11 Å². The second-order valence-corrected chi connectivity index (χ2v) is 4.32. The largest absolute Gasteiger partial charge is 0.466 e. The molecule has 0 atom stereocenters. The molecule has 6 heteroatoms. The van der Waals surface area contributed by atoms with Crippen LogP contribution in [0.1, 0.15) is 5.56 Å². The van der Waals surface area contributed by atoms with Gasteiger partial charge < -0.3 is 4.74 Å². The van der Waals surface area contributed by atoms with Crippen LogP contribution in [0.2, 0.25) is 0 Å². The maximum Gasteiger partial charge on any atom is 0.330 e. The molecule has 0 fully saturated rings. The monoisotopic (exact) mass is 242 g/mol. The van der Waals surface area contributed by atoms with Crippen LogP contribution >= 0.6 is 0 Å². The number of hydrogen-bond acceptors (Lipinski definition) is 4. The first-order valence-corrected chi connectivity index (χ1v) is 5.71. The zero-order valence-electron chi connectivity index (χ0n) is 8.45. The Hall–Kier alpha value is -1.66. The Kier molecular flexibility index (Phi) is 3.81. The van der Waals surface area contributed by atoms with Crippen LogP contribution in [0.25, 0.3) is 6.08 Å². The predicted octanol–water partition coefficient (Wildman–Crippen LogP) is 1.12. The van der Waals surface area contributed by atoms with E-state index in [0.29, 0.717) is 5.56 Å². The molecule has 0 amide bonds. The Balaban J connectivity index is 2.88. The molecular formula is C10H10O5S. The van der Waals surface area contributed by atoms with Crippen LogP contribution in [0.15, 0.2) is 35.2 Å². The summed E-state index contributed by atoms with van der Waals surface area (Å²) < 4.78 is 34.5. The third kappa shape index (κ3) is 3.48. The second-order valence-electron chi connectivity index (χ2n) is 2.90. The number of carbonyl (C=O) groups is 1. The summed E-state index contributed by atoms with van der Waals surface area (Å²) in [6.45, 7) is 0. The zero-order valence-corrected chi connectivity index (χ0v) is 9.27. The van der Waals surface area contributed by atoms with Crippen molar-refractivity contribution in [1.82, 2.24) is 0 Å². The van der Waals surface area contributed by atoms with Crippen molar-refractivity contribution in [3.63, 3.8) is 0 Å². The Morgan fingerprint density at radius 1 is 1.31 bits per heavy atom. The van der Waals surface area contributed by atoms with Crippen molar-refractivity contribution in [2.45, 2.75) is 4.90 Å². The van der Waals surface area contributed by atoms with Gasteiger partial charge in [-0.05, 0) is 23.8 Å². The van der Waals surface area contributed by atoms with Gasteiger partial charge in [-0.15, -0.1) is 0 Å². The summed E-state index contributed by atoms with van der Waals surface area (Å²) in [6, 6.07) is 5.41. The lowest BCUT2D eigenvalue weighted by molar-refractivity contribution is -0.134. The zero-order chi connectivity index (χ0) is 12.2. The number of ether oxygens (including phenoxy) is 1. The van der Waals surface area contributed by atoms with Gasteiger partial charge in [-0.3, -0.25) is 4.55 Å². The summed E-state index contributed by atoms with van der Waals surface area (Å²) in [4.78, 5) is 10.6. The second kappa shape index (κ2) is 4.91. The van der Waals surface area contributed by atoms with Crippen LogP contribution in [0, 0.1) is 0 Å². The molecule has 0 heterocycles. The average Bonchev–Trinajstić information content (AvgIpc) is 2.25. The fourth-order valence-electron chi connectivity index (χ4n) is 0.983. The molecule has 0 radical (unpaired) electrons. The van der Waals surface area contributed by atoms with E-state index in [9.17, 15) is 13.2 Å². The molecule has 86 valence electrons. The minimum absolute atomic E-state index is 0.192. The first kappa shape index (κ1) is 12.4. The van der Waals surface area contributed by atoms with E-state index in [0.717, 1.165) is 0 Å². The normalized spacial score (nSPS) is 11.6. The van der Waals surface area contributed by atoms with Gasteiger partial charge in [0, 0.05) is 6.08 Å². The maximum absolute atomic E-state index is 10.8. The molecule has 5 nitrogen and oxygen atoms in total. The van der Waals surface area contributed by atoms with Crippen molar-refractivity contribution < 1.29 is 22.5 Å². The highest BCUT2D eigenvalue weighted by atomic mass is 32.2. The molecule has 16 heavy (non-hydrogen) atoms. The van der Waals surface area contributed by atoms with Crippen molar-refractivity contribution >= 4 is 22.2 Å². The molecule has 0 bridgehead atoms. The van der Waals surface area contributed by atoms with Crippen molar-refractivity contribution in [3.05, 3.63) is 35.9 Å². The molecule has 0 aliphatic heterocycles. The van der Waals surface area contributed by atoms with Crippen LogP contribution in [0.3, 0.4) is 0 Å². The summed E-state index contributed by atoms with van der Waals surface area (Å²) in [5.41, 5.74) is 0.623. The third-order valence-electron chi connectivity index (χ3n) is 1.79. The molecule has 0 aliphatic rings. The number of methoxy groups -OCH3 is 1. The number of esters is 1. The number of benzene rings is 1.